The number of hydrogen-bond donors (Lipinski definition) is 2. The number of aromatic nitrogens is 2. The number of amides is 1. The molecule has 0 bridgehead atoms. The minimum absolute atomic E-state index is 0.0817. The summed E-state index contributed by atoms with van der Waals surface area (Å²) < 4.78 is 0. The summed E-state index contributed by atoms with van der Waals surface area (Å²) in [6.45, 7) is 4.70. The van der Waals surface area contributed by atoms with Crippen LogP contribution < -0.4 is 4.90 Å². The number of benzene rings is 4. The standard InChI is InChI=1S/C33H27N3O/c1-21-30(24-14-6-9-17-27(24)34-21)33(31-22(2)35-28-18-10-7-15-25(28)31)26-16-8-11-19-29(26)36(32(33)37)20-23-12-4-3-5-13-23/h3-19,34-35H,20H2,1-2H3. The second-order valence-corrected chi connectivity index (χ2v) is 9.99. The predicted octanol–water partition coefficient (Wildman–Crippen LogP) is 7.15. The molecule has 0 unspecified atom stereocenters. The van der Waals surface area contributed by atoms with E-state index in [1.165, 1.54) is 0 Å². The van der Waals surface area contributed by atoms with Crippen LogP contribution in [0.1, 0.15) is 33.6 Å². The van der Waals surface area contributed by atoms with Gasteiger partial charge in [-0.05, 0) is 37.6 Å². The van der Waals surface area contributed by atoms with Gasteiger partial charge in [-0.1, -0.05) is 84.9 Å². The predicted molar refractivity (Wildman–Crippen MR) is 150 cm³/mol. The Hall–Kier alpha value is -4.57. The lowest BCUT2D eigenvalue weighted by atomic mass is 9.68. The number of anilines is 1. The summed E-state index contributed by atoms with van der Waals surface area (Å²) in [5.41, 5.74) is 8.25. The highest BCUT2D eigenvalue weighted by Crippen LogP contribution is 2.55. The molecule has 2 N–H and O–H groups in total. The second kappa shape index (κ2) is 7.97. The molecule has 4 aromatic carbocycles. The van der Waals surface area contributed by atoms with Crippen LogP contribution in [0.5, 0.6) is 0 Å². The van der Waals surface area contributed by atoms with E-state index in [1.807, 2.05) is 41.3 Å². The molecule has 4 nitrogen and oxygen atoms in total. The van der Waals surface area contributed by atoms with Gasteiger partial charge in [-0.25, -0.2) is 0 Å². The summed E-state index contributed by atoms with van der Waals surface area (Å²) in [4.78, 5) is 24.3. The lowest BCUT2D eigenvalue weighted by Gasteiger charge is -2.31. The van der Waals surface area contributed by atoms with Crippen molar-refractivity contribution in [3.63, 3.8) is 0 Å². The first-order chi connectivity index (χ1) is 18.1. The van der Waals surface area contributed by atoms with Gasteiger partial charge in [-0.15, -0.1) is 0 Å². The van der Waals surface area contributed by atoms with Gasteiger partial charge in [0.1, 0.15) is 5.41 Å². The molecule has 1 aliphatic heterocycles. The highest BCUT2D eigenvalue weighted by Gasteiger charge is 2.56. The average molecular weight is 482 g/mol. The third-order valence-corrected chi connectivity index (χ3v) is 7.89. The quantitative estimate of drug-likeness (QED) is 0.276. The summed E-state index contributed by atoms with van der Waals surface area (Å²) in [5.74, 6) is 0.0817. The van der Waals surface area contributed by atoms with Gasteiger partial charge in [0.2, 0.25) is 5.91 Å². The van der Waals surface area contributed by atoms with Crippen LogP contribution in [-0.2, 0) is 16.8 Å². The van der Waals surface area contributed by atoms with Gasteiger partial charge in [0, 0.05) is 55.6 Å². The Morgan fingerprint density at radius 3 is 1.78 bits per heavy atom. The van der Waals surface area contributed by atoms with E-state index in [1.54, 1.807) is 0 Å². The first kappa shape index (κ1) is 21.7. The van der Waals surface area contributed by atoms with E-state index in [4.69, 9.17) is 0 Å². The fraction of sp³-hybridized carbons (Fsp3) is 0.121. The zero-order valence-corrected chi connectivity index (χ0v) is 20.9. The van der Waals surface area contributed by atoms with Crippen molar-refractivity contribution in [1.82, 2.24) is 9.97 Å². The van der Waals surface area contributed by atoms with Gasteiger partial charge in [-0.3, -0.25) is 4.79 Å². The molecule has 2 aromatic heterocycles. The number of para-hydroxylation sites is 3. The summed E-state index contributed by atoms with van der Waals surface area (Å²) >= 11 is 0. The molecule has 1 aliphatic rings. The number of nitrogens with one attached hydrogen (secondary N) is 2. The van der Waals surface area contributed by atoms with E-state index in [9.17, 15) is 0 Å². The van der Waals surface area contributed by atoms with Crippen molar-refractivity contribution in [2.75, 3.05) is 4.90 Å². The van der Waals surface area contributed by atoms with Crippen molar-refractivity contribution in [3.8, 4) is 0 Å². The maximum absolute atomic E-state index is 15.2. The number of aromatic amines is 2. The van der Waals surface area contributed by atoms with Crippen molar-refractivity contribution >= 4 is 33.4 Å². The maximum atomic E-state index is 15.2. The number of carbonyl (C=O) groups excluding carboxylic acids is 1. The van der Waals surface area contributed by atoms with Crippen molar-refractivity contribution in [3.05, 3.63) is 137 Å². The van der Waals surface area contributed by atoms with Gasteiger partial charge in [0.25, 0.3) is 0 Å². The van der Waals surface area contributed by atoms with Crippen LogP contribution in [0.15, 0.2) is 103 Å². The van der Waals surface area contributed by atoms with E-state index >= 15 is 4.79 Å². The number of rotatable bonds is 4. The van der Waals surface area contributed by atoms with E-state index in [0.29, 0.717) is 6.54 Å². The van der Waals surface area contributed by atoms with Gasteiger partial charge < -0.3 is 14.9 Å². The zero-order chi connectivity index (χ0) is 25.1. The summed E-state index contributed by atoms with van der Waals surface area (Å²) in [5, 5.41) is 2.16. The molecule has 6 aromatic rings. The molecule has 0 spiro atoms. The third kappa shape index (κ3) is 2.93. The van der Waals surface area contributed by atoms with Crippen LogP contribution in [0.3, 0.4) is 0 Å². The smallest absolute Gasteiger partial charge is 0.247 e. The molecule has 4 heteroatoms. The molecular weight excluding hydrogens is 454 g/mol. The van der Waals surface area contributed by atoms with Crippen LogP contribution in [-0.4, -0.2) is 15.9 Å². The number of nitrogens with zero attached hydrogens (tertiary/aromatic N) is 1. The van der Waals surface area contributed by atoms with E-state index in [-0.39, 0.29) is 5.91 Å². The molecule has 0 fully saturated rings. The highest BCUT2D eigenvalue weighted by molar-refractivity contribution is 6.17. The highest BCUT2D eigenvalue weighted by atomic mass is 16.2. The minimum Gasteiger partial charge on any atom is -0.358 e. The van der Waals surface area contributed by atoms with E-state index in [2.05, 4.69) is 90.5 Å². The third-order valence-electron chi connectivity index (χ3n) is 7.89. The van der Waals surface area contributed by atoms with Crippen molar-refractivity contribution in [2.24, 2.45) is 0 Å². The Bertz CT molecular complexity index is 1730. The molecule has 0 aliphatic carbocycles. The number of aryl methyl sites for hydroxylation is 2. The first-order valence-corrected chi connectivity index (χ1v) is 12.7. The molecular formula is C33H27N3O. The Labute approximate surface area is 215 Å². The molecule has 0 saturated carbocycles. The van der Waals surface area contributed by atoms with Crippen molar-refractivity contribution < 1.29 is 4.79 Å². The van der Waals surface area contributed by atoms with Crippen LogP contribution in [0.25, 0.3) is 21.8 Å². The van der Waals surface area contributed by atoms with E-state index < -0.39 is 5.41 Å². The maximum Gasteiger partial charge on any atom is 0.247 e. The molecule has 180 valence electrons. The minimum atomic E-state index is -1.00. The molecule has 37 heavy (non-hydrogen) atoms. The SMILES string of the molecule is Cc1[nH]c2ccccc2c1C1(c2c(C)[nH]c3ccccc23)C(=O)N(Cc2ccccc2)c2ccccc21. The Kier molecular flexibility index (Phi) is 4.67. The average Bonchev–Trinajstić information content (AvgIpc) is 3.52. The molecule has 0 atom stereocenters. The summed E-state index contributed by atoms with van der Waals surface area (Å²) in [7, 11) is 0. The summed E-state index contributed by atoms with van der Waals surface area (Å²) in [6, 6.07) is 35.2. The number of hydrogen-bond acceptors (Lipinski definition) is 1. The monoisotopic (exact) mass is 481 g/mol. The second-order valence-electron chi connectivity index (χ2n) is 9.99. The molecule has 1 amide bonds. The van der Waals surface area contributed by atoms with Gasteiger partial charge >= 0.3 is 0 Å². The van der Waals surface area contributed by atoms with Crippen LogP contribution in [0.4, 0.5) is 5.69 Å². The number of carbonyl (C=O) groups is 1. The Balaban J connectivity index is 1.62. The lowest BCUT2D eigenvalue weighted by Crippen LogP contribution is -2.42. The van der Waals surface area contributed by atoms with Crippen LogP contribution in [0, 0.1) is 13.8 Å². The largest absolute Gasteiger partial charge is 0.358 e. The van der Waals surface area contributed by atoms with Crippen molar-refractivity contribution in [2.45, 2.75) is 25.8 Å². The van der Waals surface area contributed by atoms with E-state index in [0.717, 1.165) is 61.1 Å². The number of H-pyrrole nitrogens is 2. The van der Waals surface area contributed by atoms with Crippen LogP contribution in [0.2, 0.25) is 0 Å². The molecule has 3 heterocycles. The molecule has 0 radical (unpaired) electrons. The summed E-state index contributed by atoms with van der Waals surface area (Å²) in [6.07, 6.45) is 0. The van der Waals surface area contributed by atoms with Gasteiger partial charge in [-0.2, -0.15) is 0 Å². The lowest BCUT2D eigenvalue weighted by molar-refractivity contribution is -0.120. The molecule has 7 rings (SSSR count). The van der Waals surface area contributed by atoms with Gasteiger partial charge in [0.15, 0.2) is 0 Å². The first-order valence-electron chi connectivity index (χ1n) is 12.7. The normalized spacial score (nSPS) is 14.5. The zero-order valence-electron chi connectivity index (χ0n) is 20.9. The fourth-order valence-electron chi connectivity index (χ4n) is 6.50. The van der Waals surface area contributed by atoms with Crippen molar-refractivity contribution in [1.29, 1.82) is 0 Å². The number of fused-ring (bicyclic) bond motifs is 3. The topological polar surface area (TPSA) is 51.9 Å². The Morgan fingerprint density at radius 1 is 0.649 bits per heavy atom. The fourth-order valence-corrected chi connectivity index (χ4v) is 6.50. The Morgan fingerprint density at radius 2 is 1.16 bits per heavy atom. The van der Waals surface area contributed by atoms with Gasteiger partial charge in [0.05, 0.1) is 6.54 Å². The van der Waals surface area contributed by atoms with Crippen LogP contribution >= 0.6 is 0 Å². The molecule has 0 saturated heterocycles.